The molecule has 1 aliphatic heterocycles. The molecule has 3 aromatic rings. The highest BCUT2D eigenvalue weighted by molar-refractivity contribution is 7.71. The highest BCUT2D eigenvalue weighted by Crippen LogP contribution is 2.26. The van der Waals surface area contributed by atoms with Gasteiger partial charge in [0.1, 0.15) is 6.54 Å². The van der Waals surface area contributed by atoms with Gasteiger partial charge >= 0.3 is 0 Å². The first-order chi connectivity index (χ1) is 14.0. The smallest absolute Gasteiger partial charge is 0.242 e. The van der Waals surface area contributed by atoms with Gasteiger partial charge in [0, 0.05) is 31.7 Å². The highest BCUT2D eigenvalue weighted by atomic mass is 35.5. The van der Waals surface area contributed by atoms with Crippen LogP contribution in [0.25, 0.3) is 11.4 Å². The average molecular weight is 428 g/mol. The minimum atomic E-state index is 0.0367. The van der Waals surface area contributed by atoms with E-state index in [0.717, 1.165) is 29.4 Å². The van der Waals surface area contributed by atoms with Crippen LogP contribution in [0.5, 0.6) is 0 Å². The van der Waals surface area contributed by atoms with E-state index >= 15 is 0 Å². The molecule has 0 radical (unpaired) electrons. The standard InChI is InChI=1S/C21H22ClN5OS/c1-15-6-8-16(9-7-15)20-23-24-21(29)27(20)14-19(28)26-12-10-25(11-13-26)18-5-3-2-4-17(18)22/h2-9H,10-14H2,1H3,(H,24,29). The first kappa shape index (κ1) is 19.7. The maximum Gasteiger partial charge on any atom is 0.242 e. The number of nitrogens with zero attached hydrogens (tertiary/aromatic N) is 4. The Balaban J connectivity index is 1.45. The van der Waals surface area contributed by atoms with E-state index in [1.165, 1.54) is 5.56 Å². The molecule has 1 N–H and O–H groups in total. The van der Waals surface area contributed by atoms with Crippen molar-refractivity contribution in [2.24, 2.45) is 0 Å². The Labute approximate surface area is 179 Å². The Bertz CT molecular complexity index is 1070. The van der Waals surface area contributed by atoms with Crippen molar-refractivity contribution < 1.29 is 4.79 Å². The topological polar surface area (TPSA) is 57.2 Å². The summed E-state index contributed by atoms with van der Waals surface area (Å²) in [6.07, 6.45) is 0. The number of anilines is 1. The molecule has 2 heterocycles. The van der Waals surface area contributed by atoms with Crippen LogP contribution in [0.2, 0.25) is 5.02 Å². The number of rotatable bonds is 4. The third-order valence-corrected chi connectivity index (χ3v) is 5.82. The van der Waals surface area contributed by atoms with Gasteiger partial charge in [-0.3, -0.25) is 14.5 Å². The molecule has 4 rings (SSSR count). The summed E-state index contributed by atoms with van der Waals surface area (Å²) in [5.74, 6) is 0.715. The Kier molecular flexibility index (Phi) is 5.69. The molecule has 0 saturated carbocycles. The molecule has 1 saturated heterocycles. The predicted molar refractivity (Wildman–Crippen MR) is 118 cm³/mol. The Morgan fingerprint density at radius 3 is 2.48 bits per heavy atom. The molecule has 0 atom stereocenters. The maximum atomic E-state index is 12.9. The molecule has 0 bridgehead atoms. The first-order valence-electron chi connectivity index (χ1n) is 9.52. The van der Waals surface area contributed by atoms with Crippen molar-refractivity contribution in [2.45, 2.75) is 13.5 Å². The van der Waals surface area contributed by atoms with Gasteiger partial charge in [0.25, 0.3) is 0 Å². The second kappa shape index (κ2) is 8.39. The van der Waals surface area contributed by atoms with Gasteiger partial charge in [0.05, 0.1) is 10.7 Å². The molecule has 0 unspecified atom stereocenters. The summed E-state index contributed by atoms with van der Waals surface area (Å²) in [7, 11) is 0. The summed E-state index contributed by atoms with van der Waals surface area (Å²) >= 11 is 11.7. The summed E-state index contributed by atoms with van der Waals surface area (Å²) in [6, 6.07) is 15.8. The number of aromatic nitrogens is 3. The van der Waals surface area contributed by atoms with E-state index in [2.05, 4.69) is 15.1 Å². The summed E-state index contributed by atoms with van der Waals surface area (Å²) < 4.78 is 2.21. The van der Waals surface area contributed by atoms with Crippen molar-refractivity contribution in [1.29, 1.82) is 0 Å². The molecule has 1 fully saturated rings. The van der Waals surface area contributed by atoms with Crippen molar-refractivity contribution in [2.75, 3.05) is 31.1 Å². The Morgan fingerprint density at radius 1 is 1.10 bits per heavy atom. The van der Waals surface area contributed by atoms with E-state index in [1.807, 2.05) is 60.4 Å². The molecule has 1 amide bonds. The largest absolute Gasteiger partial charge is 0.367 e. The lowest BCUT2D eigenvalue weighted by molar-refractivity contribution is -0.132. The van der Waals surface area contributed by atoms with Gasteiger partial charge in [-0.25, -0.2) is 0 Å². The molecule has 2 aromatic carbocycles. The van der Waals surface area contributed by atoms with Gasteiger partial charge in [-0.1, -0.05) is 53.6 Å². The third kappa shape index (κ3) is 4.21. The number of H-pyrrole nitrogens is 1. The van der Waals surface area contributed by atoms with Crippen LogP contribution in [0.3, 0.4) is 0 Å². The minimum absolute atomic E-state index is 0.0367. The molecule has 150 valence electrons. The van der Waals surface area contributed by atoms with Gasteiger partial charge in [-0.15, -0.1) is 0 Å². The van der Waals surface area contributed by atoms with Gasteiger partial charge in [-0.2, -0.15) is 5.10 Å². The molecular formula is C21H22ClN5OS. The van der Waals surface area contributed by atoms with E-state index in [0.29, 0.717) is 23.7 Å². The van der Waals surface area contributed by atoms with Gasteiger partial charge < -0.3 is 9.80 Å². The molecule has 29 heavy (non-hydrogen) atoms. The summed E-state index contributed by atoms with van der Waals surface area (Å²) in [5.41, 5.74) is 3.11. The number of hydrogen-bond donors (Lipinski definition) is 1. The second-order valence-corrected chi connectivity index (χ2v) is 7.92. The van der Waals surface area contributed by atoms with Crippen LogP contribution in [0.15, 0.2) is 48.5 Å². The number of hydrogen-bond acceptors (Lipinski definition) is 4. The van der Waals surface area contributed by atoms with E-state index in [1.54, 1.807) is 4.57 Å². The first-order valence-corrected chi connectivity index (χ1v) is 10.3. The summed E-state index contributed by atoms with van der Waals surface area (Å²) in [4.78, 5) is 17.0. The quantitative estimate of drug-likeness (QED) is 0.641. The van der Waals surface area contributed by atoms with Crippen LogP contribution in [0, 0.1) is 11.7 Å². The Morgan fingerprint density at radius 2 is 1.79 bits per heavy atom. The lowest BCUT2D eigenvalue weighted by Crippen LogP contribution is -2.49. The number of aryl methyl sites for hydroxylation is 1. The summed E-state index contributed by atoms with van der Waals surface area (Å²) in [6.45, 7) is 5.00. The van der Waals surface area contributed by atoms with Gasteiger partial charge in [0.2, 0.25) is 5.91 Å². The minimum Gasteiger partial charge on any atom is -0.367 e. The molecule has 6 nitrogen and oxygen atoms in total. The third-order valence-electron chi connectivity index (χ3n) is 5.19. The van der Waals surface area contributed by atoms with Crippen LogP contribution in [0.1, 0.15) is 5.56 Å². The van der Waals surface area contributed by atoms with Crippen LogP contribution in [-0.2, 0) is 11.3 Å². The zero-order valence-corrected chi connectivity index (χ0v) is 17.7. The number of carbonyl (C=O) groups excluding carboxylic acids is 1. The fourth-order valence-corrected chi connectivity index (χ4v) is 3.98. The van der Waals surface area contributed by atoms with E-state index < -0.39 is 0 Å². The molecule has 1 aromatic heterocycles. The van der Waals surface area contributed by atoms with Crippen molar-refractivity contribution in [3.05, 3.63) is 63.9 Å². The zero-order valence-electron chi connectivity index (χ0n) is 16.1. The molecular weight excluding hydrogens is 406 g/mol. The lowest BCUT2D eigenvalue weighted by atomic mass is 10.1. The predicted octanol–water partition coefficient (Wildman–Crippen LogP) is 3.92. The molecule has 0 spiro atoms. The number of aromatic amines is 1. The zero-order chi connectivity index (χ0) is 20.4. The highest BCUT2D eigenvalue weighted by Gasteiger charge is 2.23. The van der Waals surface area contributed by atoms with Gasteiger partial charge in [-0.05, 0) is 31.3 Å². The molecule has 8 heteroatoms. The monoisotopic (exact) mass is 427 g/mol. The van der Waals surface area contributed by atoms with Crippen molar-refractivity contribution in [1.82, 2.24) is 19.7 Å². The Hall–Kier alpha value is -2.64. The normalized spacial score (nSPS) is 14.3. The lowest BCUT2D eigenvalue weighted by Gasteiger charge is -2.36. The van der Waals surface area contributed by atoms with Gasteiger partial charge in [0.15, 0.2) is 10.6 Å². The number of para-hydroxylation sites is 1. The van der Waals surface area contributed by atoms with Crippen molar-refractivity contribution in [3.63, 3.8) is 0 Å². The van der Waals surface area contributed by atoms with E-state index in [9.17, 15) is 4.79 Å². The van der Waals surface area contributed by atoms with Crippen molar-refractivity contribution in [3.8, 4) is 11.4 Å². The number of amides is 1. The van der Waals surface area contributed by atoms with Crippen LogP contribution < -0.4 is 4.90 Å². The fourth-order valence-electron chi connectivity index (χ4n) is 3.53. The number of halogens is 1. The number of carbonyl (C=O) groups is 1. The SMILES string of the molecule is Cc1ccc(-c2n[nH]c(=S)n2CC(=O)N2CCN(c3ccccc3Cl)CC2)cc1. The van der Waals surface area contributed by atoms with Crippen LogP contribution in [-0.4, -0.2) is 51.8 Å². The van der Waals surface area contributed by atoms with E-state index in [-0.39, 0.29) is 12.5 Å². The van der Waals surface area contributed by atoms with Crippen molar-refractivity contribution >= 4 is 35.4 Å². The fraction of sp³-hybridized carbons (Fsp3) is 0.286. The van der Waals surface area contributed by atoms with Crippen LogP contribution >= 0.6 is 23.8 Å². The second-order valence-electron chi connectivity index (χ2n) is 7.12. The number of piperazine rings is 1. The number of benzene rings is 2. The number of nitrogens with one attached hydrogen (secondary N) is 1. The van der Waals surface area contributed by atoms with E-state index in [4.69, 9.17) is 23.8 Å². The average Bonchev–Trinajstić information content (AvgIpc) is 3.09. The van der Waals surface area contributed by atoms with Crippen LogP contribution in [0.4, 0.5) is 5.69 Å². The summed E-state index contributed by atoms with van der Waals surface area (Å²) in [5, 5.41) is 7.88. The maximum absolute atomic E-state index is 12.9. The molecule has 1 aliphatic rings. The molecule has 0 aliphatic carbocycles.